The number of fused-ring (bicyclic) bond motifs is 1. The molecule has 0 spiro atoms. The van der Waals surface area contributed by atoms with Gasteiger partial charge in [-0.05, 0) is 36.6 Å². The first-order valence-electron chi connectivity index (χ1n) is 6.75. The van der Waals surface area contributed by atoms with Gasteiger partial charge in [-0.2, -0.15) is 0 Å². The third-order valence-electron chi connectivity index (χ3n) is 3.50. The number of thiazole rings is 1. The number of nitrogens with zero attached hydrogens (tertiary/aromatic N) is 1. The first kappa shape index (κ1) is 12.8. The maximum atomic E-state index is 4.38. The van der Waals surface area contributed by atoms with Crippen LogP contribution in [0.2, 0.25) is 0 Å². The molecule has 1 aliphatic rings. The van der Waals surface area contributed by atoms with E-state index in [9.17, 15) is 0 Å². The first-order valence-corrected chi connectivity index (χ1v) is 7.57. The van der Waals surface area contributed by atoms with Crippen molar-refractivity contribution in [3.8, 4) is 0 Å². The van der Waals surface area contributed by atoms with Crippen LogP contribution in [0.1, 0.15) is 26.6 Å². The van der Waals surface area contributed by atoms with Crippen molar-refractivity contribution in [2.45, 2.75) is 33.0 Å². The lowest BCUT2D eigenvalue weighted by atomic mass is 9.95. The molecule has 0 saturated heterocycles. The van der Waals surface area contributed by atoms with Crippen molar-refractivity contribution in [2.24, 2.45) is 0 Å². The molecule has 1 aromatic heterocycles. The predicted octanol–water partition coefficient (Wildman–Crippen LogP) is 2.39. The van der Waals surface area contributed by atoms with E-state index >= 15 is 0 Å². The van der Waals surface area contributed by atoms with Crippen molar-refractivity contribution in [3.05, 3.63) is 51.0 Å². The van der Waals surface area contributed by atoms with E-state index in [0.717, 1.165) is 32.6 Å². The van der Waals surface area contributed by atoms with Crippen molar-refractivity contribution in [3.63, 3.8) is 0 Å². The second kappa shape index (κ2) is 5.82. The molecule has 0 aliphatic carbocycles. The fourth-order valence-electron chi connectivity index (χ4n) is 2.56. The normalized spacial score (nSPS) is 14.4. The number of hydrogen-bond donors (Lipinski definition) is 2. The standard InChI is InChI=1S/C15H19N3S/c1-11-7-18-15(19-11)10-17-9-13-4-2-3-12-8-16-6-5-14(12)13/h2-4,7,16-17H,5-6,8-10H2,1H3. The van der Waals surface area contributed by atoms with E-state index in [-0.39, 0.29) is 0 Å². The van der Waals surface area contributed by atoms with Crippen LogP contribution in [0.5, 0.6) is 0 Å². The average Bonchev–Trinajstić information content (AvgIpc) is 2.85. The summed E-state index contributed by atoms with van der Waals surface area (Å²) in [7, 11) is 0. The van der Waals surface area contributed by atoms with Gasteiger partial charge in [0.1, 0.15) is 5.01 Å². The zero-order valence-corrected chi connectivity index (χ0v) is 12.0. The first-order chi connectivity index (χ1) is 9.33. The molecular weight excluding hydrogens is 254 g/mol. The number of rotatable bonds is 4. The van der Waals surface area contributed by atoms with Gasteiger partial charge in [0.25, 0.3) is 0 Å². The van der Waals surface area contributed by atoms with Crippen molar-refractivity contribution in [2.75, 3.05) is 6.54 Å². The molecule has 1 aromatic carbocycles. The highest BCUT2D eigenvalue weighted by Crippen LogP contribution is 2.19. The van der Waals surface area contributed by atoms with Crippen LogP contribution >= 0.6 is 11.3 Å². The van der Waals surface area contributed by atoms with Crippen molar-refractivity contribution in [1.29, 1.82) is 0 Å². The summed E-state index contributed by atoms with van der Waals surface area (Å²) in [6.07, 6.45) is 3.08. The smallest absolute Gasteiger partial charge is 0.107 e. The Kier molecular flexibility index (Phi) is 3.92. The lowest BCUT2D eigenvalue weighted by Gasteiger charge is -2.20. The van der Waals surface area contributed by atoms with E-state index in [0.29, 0.717) is 0 Å². The quantitative estimate of drug-likeness (QED) is 0.898. The van der Waals surface area contributed by atoms with Crippen LogP contribution in [0.15, 0.2) is 24.4 Å². The van der Waals surface area contributed by atoms with Crippen molar-refractivity contribution < 1.29 is 0 Å². The summed E-state index contributed by atoms with van der Waals surface area (Å²) in [6, 6.07) is 6.63. The van der Waals surface area contributed by atoms with Gasteiger partial charge in [-0.15, -0.1) is 11.3 Å². The van der Waals surface area contributed by atoms with Crippen LogP contribution in [0, 0.1) is 6.92 Å². The third kappa shape index (κ3) is 3.03. The highest BCUT2D eigenvalue weighted by Gasteiger charge is 2.11. The van der Waals surface area contributed by atoms with Crippen LogP contribution in [-0.4, -0.2) is 11.5 Å². The molecule has 2 N–H and O–H groups in total. The van der Waals surface area contributed by atoms with E-state index in [1.807, 2.05) is 6.20 Å². The maximum absolute atomic E-state index is 4.38. The molecule has 0 unspecified atom stereocenters. The van der Waals surface area contributed by atoms with Gasteiger partial charge >= 0.3 is 0 Å². The van der Waals surface area contributed by atoms with Crippen molar-refractivity contribution in [1.82, 2.24) is 15.6 Å². The monoisotopic (exact) mass is 273 g/mol. The molecule has 19 heavy (non-hydrogen) atoms. The number of aromatic nitrogens is 1. The van der Waals surface area contributed by atoms with Crippen LogP contribution < -0.4 is 10.6 Å². The molecular formula is C15H19N3S. The summed E-state index contributed by atoms with van der Waals surface area (Å²) in [6.45, 7) is 5.99. The Morgan fingerprint density at radius 1 is 1.37 bits per heavy atom. The maximum Gasteiger partial charge on any atom is 0.107 e. The summed E-state index contributed by atoms with van der Waals surface area (Å²) in [4.78, 5) is 5.66. The largest absolute Gasteiger partial charge is 0.312 e. The van der Waals surface area contributed by atoms with E-state index in [2.05, 4.69) is 40.7 Å². The summed E-state index contributed by atoms with van der Waals surface area (Å²) in [5.74, 6) is 0. The van der Waals surface area contributed by atoms with Crippen LogP contribution in [0.3, 0.4) is 0 Å². The molecule has 0 bridgehead atoms. The lowest BCUT2D eigenvalue weighted by molar-refractivity contribution is 0.625. The molecule has 2 aromatic rings. The molecule has 1 aliphatic heterocycles. The van der Waals surface area contributed by atoms with Gasteiger partial charge in [-0.1, -0.05) is 18.2 Å². The Labute approximate surface area is 118 Å². The molecule has 4 heteroatoms. The van der Waals surface area contributed by atoms with Gasteiger partial charge < -0.3 is 10.6 Å². The van der Waals surface area contributed by atoms with E-state index in [1.165, 1.54) is 26.6 Å². The molecule has 2 heterocycles. The summed E-state index contributed by atoms with van der Waals surface area (Å²) < 4.78 is 0. The van der Waals surface area contributed by atoms with Gasteiger partial charge in [0.05, 0.1) is 0 Å². The minimum atomic E-state index is 0.862. The molecule has 0 radical (unpaired) electrons. The van der Waals surface area contributed by atoms with Crippen molar-refractivity contribution >= 4 is 11.3 Å². The number of nitrogens with one attached hydrogen (secondary N) is 2. The topological polar surface area (TPSA) is 37.0 Å². The fourth-order valence-corrected chi connectivity index (χ4v) is 3.32. The van der Waals surface area contributed by atoms with Gasteiger partial charge in [-0.25, -0.2) is 4.98 Å². The summed E-state index contributed by atoms with van der Waals surface area (Å²) in [5, 5.41) is 8.10. The highest BCUT2D eigenvalue weighted by molar-refractivity contribution is 7.11. The Hall–Kier alpha value is -1.23. The molecule has 100 valence electrons. The minimum Gasteiger partial charge on any atom is -0.312 e. The highest BCUT2D eigenvalue weighted by atomic mass is 32.1. The Balaban J connectivity index is 1.64. The molecule has 0 saturated carbocycles. The number of aryl methyl sites for hydroxylation is 1. The van der Waals surface area contributed by atoms with Gasteiger partial charge in [0, 0.05) is 30.7 Å². The SMILES string of the molecule is Cc1cnc(CNCc2cccc3c2CCNC3)s1. The second-order valence-electron chi connectivity index (χ2n) is 4.95. The predicted molar refractivity (Wildman–Crippen MR) is 79.2 cm³/mol. The van der Waals surface area contributed by atoms with Crippen LogP contribution in [0.4, 0.5) is 0 Å². The Morgan fingerprint density at radius 2 is 2.32 bits per heavy atom. The Bertz CT molecular complexity index is 562. The molecule has 0 fully saturated rings. The van der Waals surface area contributed by atoms with Crippen LogP contribution in [-0.2, 0) is 26.1 Å². The van der Waals surface area contributed by atoms with Gasteiger partial charge in [0.2, 0.25) is 0 Å². The van der Waals surface area contributed by atoms with E-state index < -0.39 is 0 Å². The molecule has 0 atom stereocenters. The second-order valence-corrected chi connectivity index (χ2v) is 6.27. The van der Waals surface area contributed by atoms with E-state index in [1.54, 1.807) is 11.3 Å². The zero-order chi connectivity index (χ0) is 13.1. The Morgan fingerprint density at radius 3 is 3.16 bits per heavy atom. The van der Waals surface area contributed by atoms with E-state index in [4.69, 9.17) is 0 Å². The number of hydrogen-bond acceptors (Lipinski definition) is 4. The van der Waals surface area contributed by atoms with Gasteiger partial charge in [0.15, 0.2) is 0 Å². The molecule has 3 nitrogen and oxygen atoms in total. The molecule has 3 rings (SSSR count). The lowest BCUT2D eigenvalue weighted by Crippen LogP contribution is -2.25. The number of benzene rings is 1. The van der Waals surface area contributed by atoms with Crippen LogP contribution in [0.25, 0.3) is 0 Å². The summed E-state index contributed by atoms with van der Waals surface area (Å²) in [5.41, 5.74) is 4.42. The third-order valence-corrected chi connectivity index (χ3v) is 4.41. The minimum absolute atomic E-state index is 0.862. The molecule has 0 amide bonds. The average molecular weight is 273 g/mol. The summed E-state index contributed by atoms with van der Waals surface area (Å²) >= 11 is 1.77. The van der Waals surface area contributed by atoms with Gasteiger partial charge in [-0.3, -0.25) is 0 Å². The zero-order valence-electron chi connectivity index (χ0n) is 11.2. The fraction of sp³-hybridized carbons (Fsp3) is 0.400.